The van der Waals surface area contributed by atoms with Crippen LogP contribution < -0.4 is 10.6 Å². The normalized spacial score (nSPS) is 12.4. The summed E-state index contributed by atoms with van der Waals surface area (Å²) < 4.78 is 0.807. The molecule has 0 radical (unpaired) electrons. The SMILES string of the molecule is CC(C)CNc1nnc(S[C@@H](C(=O)NCc2cccnc2)C(C)C)s1. The third-order valence-corrected chi connectivity index (χ3v) is 5.86. The quantitative estimate of drug-likeness (QED) is 0.650. The van der Waals surface area contributed by atoms with Gasteiger partial charge in [-0.1, -0.05) is 56.9 Å². The van der Waals surface area contributed by atoms with Gasteiger partial charge in [0.25, 0.3) is 0 Å². The summed E-state index contributed by atoms with van der Waals surface area (Å²) in [6.45, 7) is 9.71. The highest BCUT2D eigenvalue weighted by molar-refractivity contribution is 8.02. The smallest absolute Gasteiger partial charge is 0.234 e. The van der Waals surface area contributed by atoms with Crippen LogP contribution >= 0.6 is 23.1 Å². The summed E-state index contributed by atoms with van der Waals surface area (Å²) in [5.41, 5.74) is 0.986. The molecule has 0 bridgehead atoms. The maximum absolute atomic E-state index is 12.6. The second kappa shape index (κ2) is 9.72. The van der Waals surface area contributed by atoms with Gasteiger partial charge in [-0.15, -0.1) is 10.2 Å². The van der Waals surface area contributed by atoms with Gasteiger partial charge in [0.15, 0.2) is 4.34 Å². The van der Waals surface area contributed by atoms with Crippen LogP contribution in [0.2, 0.25) is 0 Å². The van der Waals surface area contributed by atoms with Crippen LogP contribution in [0.25, 0.3) is 0 Å². The van der Waals surface area contributed by atoms with E-state index in [0.29, 0.717) is 12.5 Å². The van der Waals surface area contributed by atoms with Crippen LogP contribution in [0.4, 0.5) is 5.13 Å². The van der Waals surface area contributed by atoms with Crippen LogP contribution in [0, 0.1) is 11.8 Å². The van der Waals surface area contributed by atoms with Crippen molar-refractivity contribution in [2.24, 2.45) is 11.8 Å². The number of hydrogen-bond acceptors (Lipinski definition) is 7. The largest absolute Gasteiger partial charge is 0.360 e. The molecule has 6 nitrogen and oxygen atoms in total. The summed E-state index contributed by atoms with van der Waals surface area (Å²) in [6.07, 6.45) is 3.48. The zero-order chi connectivity index (χ0) is 18.2. The van der Waals surface area contributed by atoms with Gasteiger partial charge < -0.3 is 10.6 Å². The summed E-state index contributed by atoms with van der Waals surface area (Å²) in [5, 5.41) is 15.2. The lowest BCUT2D eigenvalue weighted by Crippen LogP contribution is -2.35. The van der Waals surface area contributed by atoms with E-state index < -0.39 is 0 Å². The highest BCUT2D eigenvalue weighted by Crippen LogP contribution is 2.32. The molecule has 8 heteroatoms. The first-order valence-electron chi connectivity index (χ1n) is 8.36. The van der Waals surface area contributed by atoms with Crippen molar-refractivity contribution >= 4 is 34.1 Å². The fourth-order valence-electron chi connectivity index (χ4n) is 2.01. The number of aromatic nitrogens is 3. The highest BCUT2D eigenvalue weighted by atomic mass is 32.2. The van der Waals surface area contributed by atoms with Crippen molar-refractivity contribution in [3.63, 3.8) is 0 Å². The zero-order valence-electron chi connectivity index (χ0n) is 15.0. The van der Waals surface area contributed by atoms with Crippen molar-refractivity contribution in [1.29, 1.82) is 0 Å². The second-order valence-corrected chi connectivity index (χ2v) is 8.88. The predicted octanol–water partition coefficient (Wildman–Crippen LogP) is 3.43. The monoisotopic (exact) mass is 379 g/mol. The Bertz CT molecular complexity index is 660. The Labute approximate surface area is 157 Å². The summed E-state index contributed by atoms with van der Waals surface area (Å²) >= 11 is 2.96. The van der Waals surface area contributed by atoms with Gasteiger partial charge in [-0.3, -0.25) is 9.78 Å². The van der Waals surface area contributed by atoms with E-state index in [1.807, 2.05) is 26.0 Å². The minimum atomic E-state index is -0.206. The number of pyridine rings is 1. The molecule has 2 aromatic heterocycles. The molecule has 0 aromatic carbocycles. The van der Waals surface area contributed by atoms with Crippen molar-refractivity contribution < 1.29 is 4.79 Å². The Morgan fingerprint density at radius 2 is 2.08 bits per heavy atom. The second-order valence-electron chi connectivity index (χ2n) is 6.51. The van der Waals surface area contributed by atoms with Crippen molar-refractivity contribution in [1.82, 2.24) is 20.5 Å². The van der Waals surface area contributed by atoms with E-state index in [0.717, 1.165) is 21.6 Å². The van der Waals surface area contributed by atoms with Crippen LogP contribution in [0.1, 0.15) is 33.3 Å². The number of nitrogens with zero attached hydrogens (tertiary/aromatic N) is 3. The van der Waals surface area contributed by atoms with E-state index in [-0.39, 0.29) is 17.1 Å². The van der Waals surface area contributed by atoms with E-state index in [2.05, 4.69) is 39.7 Å². The lowest BCUT2D eigenvalue weighted by Gasteiger charge is -2.18. The average molecular weight is 380 g/mol. The van der Waals surface area contributed by atoms with Crippen LogP contribution in [-0.2, 0) is 11.3 Å². The molecule has 0 fully saturated rings. The molecule has 2 aromatic rings. The average Bonchev–Trinajstić information content (AvgIpc) is 3.04. The topological polar surface area (TPSA) is 79.8 Å². The minimum absolute atomic E-state index is 0.00995. The van der Waals surface area contributed by atoms with Crippen molar-refractivity contribution in [3.05, 3.63) is 30.1 Å². The lowest BCUT2D eigenvalue weighted by molar-refractivity contribution is -0.121. The predicted molar refractivity (Wildman–Crippen MR) is 104 cm³/mol. The van der Waals surface area contributed by atoms with Crippen LogP contribution in [0.3, 0.4) is 0 Å². The molecule has 0 unspecified atom stereocenters. The van der Waals surface area contributed by atoms with Gasteiger partial charge in [0, 0.05) is 25.5 Å². The molecule has 0 aliphatic heterocycles. The van der Waals surface area contributed by atoms with Gasteiger partial charge in [-0.25, -0.2) is 0 Å². The molecular weight excluding hydrogens is 354 g/mol. The summed E-state index contributed by atoms with van der Waals surface area (Å²) in [6, 6.07) is 3.81. The number of rotatable bonds is 9. The Morgan fingerprint density at radius 3 is 2.72 bits per heavy atom. The first-order valence-corrected chi connectivity index (χ1v) is 10.1. The van der Waals surface area contributed by atoms with Gasteiger partial charge in [-0.05, 0) is 23.5 Å². The third-order valence-electron chi connectivity index (χ3n) is 3.35. The third kappa shape index (κ3) is 6.62. The Kier molecular flexibility index (Phi) is 7.64. The summed E-state index contributed by atoms with van der Waals surface area (Å²) in [7, 11) is 0. The van der Waals surface area contributed by atoms with Crippen molar-refractivity contribution in [3.8, 4) is 0 Å². The van der Waals surface area contributed by atoms with Crippen molar-refractivity contribution in [2.45, 2.75) is 43.8 Å². The number of carbonyl (C=O) groups is 1. The summed E-state index contributed by atoms with van der Waals surface area (Å²) in [4.78, 5) is 16.6. The standard InChI is InChI=1S/C17H25N5OS2/c1-11(2)8-20-16-21-22-17(25-16)24-14(12(3)4)15(23)19-10-13-6-5-7-18-9-13/h5-7,9,11-12,14H,8,10H2,1-4H3,(H,19,23)(H,20,21)/t14-/m1/s1. The first-order chi connectivity index (χ1) is 12.0. The van der Waals surface area contributed by atoms with E-state index in [1.165, 1.54) is 23.1 Å². The molecule has 0 saturated carbocycles. The first kappa shape index (κ1) is 19.7. The fraction of sp³-hybridized carbons (Fsp3) is 0.529. The molecule has 25 heavy (non-hydrogen) atoms. The van der Waals surface area contributed by atoms with Gasteiger partial charge in [-0.2, -0.15) is 0 Å². The number of hydrogen-bond donors (Lipinski definition) is 2. The zero-order valence-corrected chi connectivity index (χ0v) is 16.7. The molecule has 1 amide bonds. The molecule has 2 rings (SSSR count). The maximum Gasteiger partial charge on any atom is 0.234 e. The molecule has 0 aliphatic carbocycles. The van der Waals surface area contributed by atoms with E-state index >= 15 is 0 Å². The Morgan fingerprint density at radius 1 is 1.28 bits per heavy atom. The fourth-order valence-corrected chi connectivity index (χ4v) is 4.01. The lowest BCUT2D eigenvalue weighted by atomic mass is 10.1. The number of thioether (sulfide) groups is 1. The van der Waals surface area contributed by atoms with E-state index in [9.17, 15) is 4.79 Å². The maximum atomic E-state index is 12.6. The van der Waals surface area contributed by atoms with Gasteiger partial charge in [0.1, 0.15) is 0 Å². The van der Waals surface area contributed by atoms with Gasteiger partial charge >= 0.3 is 0 Å². The number of carbonyl (C=O) groups excluding carboxylic acids is 1. The molecular formula is C17H25N5OS2. The highest BCUT2D eigenvalue weighted by Gasteiger charge is 2.25. The molecule has 2 N–H and O–H groups in total. The van der Waals surface area contributed by atoms with Gasteiger partial charge in [0.05, 0.1) is 5.25 Å². The molecule has 0 aliphatic rings. The number of anilines is 1. The van der Waals surface area contributed by atoms with Gasteiger partial charge in [0.2, 0.25) is 11.0 Å². The van der Waals surface area contributed by atoms with E-state index in [4.69, 9.17) is 0 Å². The van der Waals surface area contributed by atoms with Crippen LogP contribution in [0.5, 0.6) is 0 Å². The molecule has 136 valence electrons. The Hall–Kier alpha value is -1.67. The Balaban J connectivity index is 1.92. The number of amides is 1. The van der Waals surface area contributed by atoms with Crippen molar-refractivity contribution in [2.75, 3.05) is 11.9 Å². The minimum Gasteiger partial charge on any atom is -0.360 e. The molecule has 2 heterocycles. The molecule has 0 spiro atoms. The van der Waals surface area contributed by atoms with Crippen LogP contribution in [0.15, 0.2) is 28.9 Å². The number of nitrogens with one attached hydrogen (secondary N) is 2. The molecule has 0 saturated heterocycles. The van der Waals surface area contributed by atoms with Crippen LogP contribution in [-0.4, -0.2) is 32.9 Å². The van der Waals surface area contributed by atoms with E-state index in [1.54, 1.807) is 12.4 Å². The summed E-state index contributed by atoms with van der Waals surface area (Å²) in [5.74, 6) is 0.743. The molecule has 1 atom stereocenters.